The third-order valence-corrected chi connectivity index (χ3v) is 7.76. The lowest BCUT2D eigenvalue weighted by atomic mass is 9.88. The average Bonchev–Trinajstić information content (AvgIpc) is 2.98. The van der Waals surface area contributed by atoms with E-state index in [-0.39, 0.29) is 24.1 Å². The van der Waals surface area contributed by atoms with E-state index in [0.29, 0.717) is 22.3 Å². The van der Waals surface area contributed by atoms with Gasteiger partial charge in [-0.3, -0.25) is 4.79 Å². The van der Waals surface area contributed by atoms with Crippen molar-refractivity contribution < 1.29 is 33.0 Å². The van der Waals surface area contributed by atoms with Crippen LogP contribution in [0.5, 0.6) is 5.75 Å². The number of esters is 1. The third-order valence-electron chi connectivity index (χ3n) is 6.87. The molecule has 3 atom stereocenters. The molecule has 1 heterocycles. The Hall–Kier alpha value is -4.03. The van der Waals surface area contributed by atoms with Gasteiger partial charge >= 0.3 is 11.6 Å². The molecular formula is C31H25FINO7. The maximum absolute atomic E-state index is 14.1. The minimum Gasteiger partial charge on any atom is -0.482 e. The molecule has 0 radical (unpaired) electrons. The quantitative estimate of drug-likeness (QED) is 0.170. The summed E-state index contributed by atoms with van der Waals surface area (Å²) in [4.78, 5) is 41.1. The summed E-state index contributed by atoms with van der Waals surface area (Å²) in [5, 5.41) is 12.1. The van der Waals surface area contributed by atoms with Gasteiger partial charge in [0.25, 0.3) is 5.91 Å². The molecule has 4 aromatic rings. The molecule has 0 unspecified atom stereocenters. The number of ether oxygens (including phenoxy) is 2. The van der Waals surface area contributed by atoms with Crippen LogP contribution in [-0.4, -0.2) is 47.2 Å². The monoisotopic (exact) mass is 669 g/mol. The zero-order valence-corrected chi connectivity index (χ0v) is 24.0. The van der Waals surface area contributed by atoms with E-state index in [4.69, 9.17) is 13.9 Å². The van der Waals surface area contributed by atoms with Gasteiger partial charge in [0, 0.05) is 23.9 Å². The average molecular weight is 669 g/mol. The molecule has 5 rings (SSSR count). The van der Waals surface area contributed by atoms with Crippen LogP contribution in [0.25, 0.3) is 11.0 Å². The maximum atomic E-state index is 14.1. The van der Waals surface area contributed by atoms with Crippen LogP contribution >= 0.6 is 22.6 Å². The lowest BCUT2D eigenvalue weighted by Gasteiger charge is -2.40. The Morgan fingerprint density at radius 1 is 1.07 bits per heavy atom. The van der Waals surface area contributed by atoms with Gasteiger partial charge < -0.3 is 23.9 Å². The summed E-state index contributed by atoms with van der Waals surface area (Å²) in [6.45, 7) is -0.100. The van der Waals surface area contributed by atoms with Crippen molar-refractivity contribution in [3.8, 4) is 5.75 Å². The van der Waals surface area contributed by atoms with E-state index in [2.05, 4.69) is 22.6 Å². The zero-order chi connectivity index (χ0) is 29.1. The van der Waals surface area contributed by atoms with Crippen molar-refractivity contribution >= 4 is 45.4 Å². The van der Waals surface area contributed by atoms with Crippen molar-refractivity contribution in [2.75, 3.05) is 7.11 Å². The van der Waals surface area contributed by atoms with Crippen molar-refractivity contribution in [2.45, 2.75) is 31.2 Å². The van der Waals surface area contributed by atoms with Gasteiger partial charge in [-0.05, 0) is 70.6 Å². The molecule has 10 heteroatoms. The summed E-state index contributed by atoms with van der Waals surface area (Å²) in [5.41, 5.74) is -0.0398. The van der Waals surface area contributed by atoms with Gasteiger partial charge in [0.15, 0.2) is 0 Å². The number of methoxy groups -OCH3 is 1. The standard InChI is InChI=1S/C31H25FINO7/c1-39-30(37)20-15-24(28(35)27(16-20)40-26-9-5-3-7-23(26)33)34(17-18-10-12-21(32)13-11-18)29(36)22-14-19-6-2-4-8-25(19)41-31(22)38/h2-14,16,24,27-28,35H,15,17H2,1H3/t24-,27+,28+/m1/s1. The maximum Gasteiger partial charge on any atom is 0.349 e. The Kier molecular flexibility index (Phi) is 8.50. The summed E-state index contributed by atoms with van der Waals surface area (Å²) in [5.74, 6) is -1.35. The Morgan fingerprint density at radius 3 is 2.51 bits per heavy atom. The van der Waals surface area contributed by atoms with Crippen molar-refractivity contribution in [3.63, 3.8) is 0 Å². The number of aliphatic hydroxyl groups is 1. The lowest BCUT2D eigenvalue weighted by Crippen LogP contribution is -2.54. The molecule has 8 nitrogen and oxygen atoms in total. The number of amides is 1. The number of rotatable bonds is 7. The number of hydrogen-bond donors (Lipinski definition) is 1. The molecule has 0 saturated heterocycles. The predicted molar refractivity (Wildman–Crippen MR) is 157 cm³/mol. The number of para-hydroxylation sites is 2. The molecular weight excluding hydrogens is 644 g/mol. The fraction of sp³-hybridized carbons (Fsp3) is 0.194. The van der Waals surface area contributed by atoms with Crippen LogP contribution in [0.1, 0.15) is 22.3 Å². The summed E-state index contributed by atoms with van der Waals surface area (Å²) >= 11 is 2.10. The fourth-order valence-electron chi connectivity index (χ4n) is 4.79. The molecule has 0 spiro atoms. The third kappa shape index (κ3) is 6.18. The second-order valence-corrected chi connectivity index (χ2v) is 10.7. The number of carbonyl (C=O) groups is 2. The van der Waals surface area contributed by atoms with Crippen LogP contribution in [0.3, 0.4) is 0 Å². The normalized spacial score (nSPS) is 18.4. The van der Waals surface area contributed by atoms with E-state index < -0.39 is 41.6 Å². The molecule has 1 aromatic heterocycles. The van der Waals surface area contributed by atoms with Gasteiger partial charge in [0.1, 0.15) is 34.9 Å². The topological polar surface area (TPSA) is 106 Å². The SMILES string of the molecule is COC(=O)C1=C[C@H](Oc2ccccc2I)[C@@H](O)[C@H](N(Cc2ccc(F)cc2)C(=O)c2cc3ccccc3oc2=O)C1. The van der Waals surface area contributed by atoms with Gasteiger partial charge in [-0.2, -0.15) is 0 Å². The second-order valence-electron chi connectivity index (χ2n) is 9.50. The summed E-state index contributed by atoms with van der Waals surface area (Å²) in [6.07, 6.45) is -0.932. The highest BCUT2D eigenvalue weighted by atomic mass is 127. The van der Waals surface area contributed by atoms with Crippen LogP contribution in [0.2, 0.25) is 0 Å². The van der Waals surface area contributed by atoms with E-state index in [1.165, 1.54) is 48.4 Å². The molecule has 3 aromatic carbocycles. The molecule has 0 aliphatic heterocycles. The van der Waals surface area contributed by atoms with Crippen LogP contribution in [0.15, 0.2) is 99.7 Å². The smallest absolute Gasteiger partial charge is 0.349 e. The lowest BCUT2D eigenvalue weighted by molar-refractivity contribution is -0.137. The predicted octanol–water partition coefficient (Wildman–Crippen LogP) is 4.86. The Bertz CT molecular complexity index is 1680. The van der Waals surface area contributed by atoms with Crippen LogP contribution in [-0.2, 0) is 16.1 Å². The number of carbonyl (C=O) groups excluding carboxylic acids is 2. The van der Waals surface area contributed by atoms with Crippen LogP contribution < -0.4 is 10.4 Å². The number of aliphatic hydroxyl groups excluding tert-OH is 1. The van der Waals surface area contributed by atoms with E-state index in [0.717, 1.165) is 3.57 Å². The molecule has 1 aliphatic carbocycles. The second kappa shape index (κ2) is 12.2. The van der Waals surface area contributed by atoms with E-state index in [1.54, 1.807) is 36.4 Å². The number of hydrogen-bond acceptors (Lipinski definition) is 7. The van der Waals surface area contributed by atoms with Crippen molar-refractivity contribution in [1.82, 2.24) is 4.90 Å². The van der Waals surface area contributed by atoms with Crippen molar-refractivity contribution in [2.24, 2.45) is 0 Å². The molecule has 41 heavy (non-hydrogen) atoms. The van der Waals surface area contributed by atoms with Gasteiger partial charge in [-0.15, -0.1) is 0 Å². The fourth-order valence-corrected chi connectivity index (χ4v) is 5.30. The highest BCUT2D eigenvalue weighted by Gasteiger charge is 2.41. The highest BCUT2D eigenvalue weighted by Crippen LogP contribution is 2.31. The molecule has 1 N–H and O–H groups in total. The number of nitrogens with zero attached hydrogens (tertiary/aromatic N) is 1. The van der Waals surface area contributed by atoms with E-state index in [1.807, 2.05) is 12.1 Å². The zero-order valence-electron chi connectivity index (χ0n) is 21.8. The molecule has 0 saturated carbocycles. The summed E-state index contributed by atoms with van der Waals surface area (Å²) in [7, 11) is 1.24. The molecule has 0 fully saturated rings. The molecule has 1 amide bonds. The van der Waals surface area contributed by atoms with E-state index in [9.17, 15) is 23.9 Å². The highest BCUT2D eigenvalue weighted by molar-refractivity contribution is 14.1. The van der Waals surface area contributed by atoms with Gasteiger partial charge in [0.05, 0.1) is 16.7 Å². The van der Waals surface area contributed by atoms with Crippen LogP contribution in [0, 0.1) is 9.39 Å². The number of halogens is 2. The number of fused-ring (bicyclic) bond motifs is 1. The Labute approximate surface area is 248 Å². The van der Waals surface area contributed by atoms with E-state index >= 15 is 0 Å². The van der Waals surface area contributed by atoms with Crippen molar-refractivity contribution in [3.05, 3.63) is 121 Å². The molecule has 210 valence electrons. The van der Waals surface area contributed by atoms with Crippen molar-refractivity contribution in [1.29, 1.82) is 0 Å². The first-order valence-electron chi connectivity index (χ1n) is 12.7. The first-order valence-corrected chi connectivity index (χ1v) is 13.8. The summed E-state index contributed by atoms with van der Waals surface area (Å²) < 4.78 is 31.0. The summed E-state index contributed by atoms with van der Waals surface area (Å²) in [6, 6.07) is 19.9. The first kappa shape index (κ1) is 28.5. The number of benzene rings is 3. The van der Waals surface area contributed by atoms with Gasteiger partial charge in [-0.1, -0.05) is 42.5 Å². The van der Waals surface area contributed by atoms with Gasteiger partial charge in [0.2, 0.25) is 0 Å². The van der Waals surface area contributed by atoms with Gasteiger partial charge in [-0.25, -0.2) is 14.0 Å². The largest absolute Gasteiger partial charge is 0.482 e. The Balaban J connectivity index is 1.58. The van der Waals surface area contributed by atoms with Crippen LogP contribution in [0.4, 0.5) is 4.39 Å². The minimum atomic E-state index is -1.31. The molecule has 0 bridgehead atoms. The Morgan fingerprint density at radius 2 is 1.78 bits per heavy atom. The molecule has 1 aliphatic rings. The minimum absolute atomic E-state index is 0.0779. The first-order chi connectivity index (χ1) is 19.7.